The van der Waals surface area contributed by atoms with E-state index in [1.54, 1.807) is 18.3 Å². The van der Waals surface area contributed by atoms with E-state index in [-0.39, 0.29) is 17.8 Å². The molecule has 6 rings (SSSR count). The quantitative estimate of drug-likeness (QED) is 0.331. The Kier molecular flexibility index (Phi) is 6.57. The van der Waals surface area contributed by atoms with Gasteiger partial charge in [-0.05, 0) is 42.7 Å². The van der Waals surface area contributed by atoms with E-state index in [0.717, 1.165) is 24.3 Å². The number of benzene rings is 1. The maximum absolute atomic E-state index is 15.1. The monoisotopic (exact) mass is 542 g/mol. The third-order valence-electron chi connectivity index (χ3n) is 7.17. The second-order valence-corrected chi connectivity index (χ2v) is 11.2. The van der Waals surface area contributed by atoms with E-state index >= 15 is 4.39 Å². The van der Waals surface area contributed by atoms with Gasteiger partial charge in [-0.3, -0.25) is 9.78 Å². The van der Waals surface area contributed by atoms with Crippen LogP contribution in [0.5, 0.6) is 0 Å². The number of rotatable bonds is 6. The van der Waals surface area contributed by atoms with Gasteiger partial charge in [0.2, 0.25) is 12.1 Å². The van der Waals surface area contributed by atoms with Crippen LogP contribution in [-0.2, 0) is 16.2 Å². The number of carbonyl (C=O) groups is 1. The Morgan fingerprint density at radius 2 is 1.98 bits per heavy atom. The van der Waals surface area contributed by atoms with Gasteiger partial charge in [0.1, 0.15) is 17.0 Å². The largest absolute Gasteiger partial charge is 0.370 e. The topological polar surface area (TPSA) is 120 Å². The number of amides is 1. The first-order valence-electron chi connectivity index (χ1n) is 13.4. The number of amidine groups is 1. The smallest absolute Gasteiger partial charge is 0.290 e. The molecule has 11 heteroatoms. The van der Waals surface area contributed by atoms with E-state index in [2.05, 4.69) is 41.7 Å². The number of halogens is 1. The van der Waals surface area contributed by atoms with Gasteiger partial charge in [0, 0.05) is 42.4 Å². The van der Waals surface area contributed by atoms with E-state index in [9.17, 15) is 4.79 Å². The molecule has 2 aliphatic rings. The molecular formula is C29H31FN8O2. The molecule has 3 aromatic heterocycles. The summed E-state index contributed by atoms with van der Waals surface area (Å²) < 4.78 is 15.1. The molecule has 1 amide bonds. The molecule has 3 N–H and O–H groups in total. The van der Waals surface area contributed by atoms with Gasteiger partial charge in [0.25, 0.3) is 5.91 Å². The van der Waals surface area contributed by atoms with E-state index in [1.165, 1.54) is 18.9 Å². The zero-order chi connectivity index (χ0) is 27.9. The van der Waals surface area contributed by atoms with Gasteiger partial charge >= 0.3 is 0 Å². The summed E-state index contributed by atoms with van der Waals surface area (Å²) in [7, 11) is 0. The van der Waals surface area contributed by atoms with Crippen LogP contribution >= 0.6 is 0 Å². The number of imidazole rings is 1. The van der Waals surface area contributed by atoms with E-state index in [0.29, 0.717) is 33.8 Å². The Hall–Kier alpha value is -4.54. The highest BCUT2D eigenvalue weighted by Crippen LogP contribution is 2.30. The van der Waals surface area contributed by atoms with Gasteiger partial charge in [-0.15, -0.1) is 0 Å². The van der Waals surface area contributed by atoms with Gasteiger partial charge in [-0.25, -0.2) is 14.4 Å². The Morgan fingerprint density at radius 1 is 1.15 bits per heavy atom. The number of hydrogen-bond donors (Lipinski definition) is 3. The van der Waals surface area contributed by atoms with Crippen molar-refractivity contribution in [2.75, 3.05) is 18.0 Å². The number of nitrogens with zero attached hydrogens (tertiary/aromatic N) is 5. The van der Waals surface area contributed by atoms with Crippen molar-refractivity contribution < 1.29 is 14.0 Å². The Bertz CT molecular complexity index is 1590. The fourth-order valence-corrected chi connectivity index (χ4v) is 4.83. The minimum Gasteiger partial charge on any atom is -0.370 e. The highest BCUT2D eigenvalue weighted by atomic mass is 19.1. The lowest BCUT2D eigenvalue weighted by atomic mass is 9.94. The van der Waals surface area contributed by atoms with E-state index in [1.807, 2.05) is 39.1 Å². The minimum absolute atomic E-state index is 0.00321. The summed E-state index contributed by atoms with van der Waals surface area (Å²) in [4.78, 5) is 37.2. The molecule has 0 bridgehead atoms. The second-order valence-electron chi connectivity index (χ2n) is 11.2. The maximum atomic E-state index is 15.1. The molecule has 0 radical (unpaired) electrons. The highest BCUT2D eigenvalue weighted by Gasteiger charge is 2.34. The second kappa shape index (κ2) is 10.2. The Balaban J connectivity index is 1.17. The van der Waals surface area contributed by atoms with Crippen molar-refractivity contribution in [3.63, 3.8) is 0 Å². The highest BCUT2D eigenvalue weighted by molar-refractivity contribution is 6.38. The number of nitrogens with one attached hydrogen (secondary N) is 3. The molecule has 4 aromatic rings. The molecule has 0 aliphatic carbocycles. The van der Waals surface area contributed by atoms with Crippen molar-refractivity contribution in [1.29, 1.82) is 0 Å². The zero-order valence-electron chi connectivity index (χ0n) is 22.7. The molecule has 5 heterocycles. The number of hydrogen-bond acceptors (Lipinski definition) is 8. The van der Waals surface area contributed by atoms with Crippen LogP contribution in [-0.4, -0.2) is 51.0 Å². The number of aromatic amines is 1. The first kappa shape index (κ1) is 25.7. The fourth-order valence-electron chi connectivity index (χ4n) is 4.83. The first-order valence-corrected chi connectivity index (χ1v) is 13.4. The molecule has 2 aliphatic heterocycles. The van der Waals surface area contributed by atoms with E-state index < -0.39 is 18.0 Å². The van der Waals surface area contributed by atoms with Crippen LogP contribution in [0, 0.1) is 11.2 Å². The third-order valence-corrected chi connectivity index (χ3v) is 7.17. The standard InChI is InChI=1S/C29H31FN8O2/c1-29(2,3)28-36-26(37-40-28)27(39)33-15-18-7-6-17(14-21(18)30)20-10-11-31-25-23(20)34-24(35-25)22-9-8-19(16-32-22)38-12-4-5-13-38/h6-11,14,16,28H,4-5,12-13,15H2,1-3H3,(H,33,39)(H,36,37)(H,31,34,35). The number of oxime groups is 1. The average Bonchev–Trinajstić information content (AvgIpc) is 3.72. The fraction of sp³-hybridized carbons (Fsp3) is 0.345. The third kappa shape index (κ3) is 5.06. The first-order chi connectivity index (χ1) is 19.3. The molecule has 0 spiro atoms. The normalized spacial score (nSPS) is 17.1. The predicted molar refractivity (Wildman–Crippen MR) is 151 cm³/mol. The van der Waals surface area contributed by atoms with Gasteiger partial charge in [0.05, 0.1) is 11.9 Å². The van der Waals surface area contributed by atoms with Crippen LogP contribution in [0.2, 0.25) is 0 Å². The van der Waals surface area contributed by atoms with Crippen LogP contribution in [0.25, 0.3) is 33.8 Å². The van der Waals surface area contributed by atoms with Gasteiger partial charge in [-0.2, -0.15) is 0 Å². The minimum atomic E-state index is -0.461. The van der Waals surface area contributed by atoms with Crippen LogP contribution in [0.3, 0.4) is 0 Å². The van der Waals surface area contributed by atoms with Crippen molar-refractivity contribution in [3.05, 3.63) is 60.2 Å². The molecular weight excluding hydrogens is 511 g/mol. The summed E-state index contributed by atoms with van der Waals surface area (Å²) in [5.41, 5.74) is 4.54. The maximum Gasteiger partial charge on any atom is 0.290 e. The molecule has 1 unspecified atom stereocenters. The molecule has 1 atom stereocenters. The summed E-state index contributed by atoms with van der Waals surface area (Å²) in [5, 5.41) is 9.48. The number of pyridine rings is 2. The number of carbonyl (C=O) groups excluding carboxylic acids is 1. The molecule has 40 heavy (non-hydrogen) atoms. The number of fused-ring (bicyclic) bond motifs is 1. The lowest BCUT2D eigenvalue weighted by Crippen LogP contribution is -2.45. The lowest BCUT2D eigenvalue weighted by Gasteiger charge is -2.24. The molecule has 1 saturated heterocycles. The summed E-state index contributed by atoms with van der Waals surface area (Å²) in [6, 6.07) is 10.7. The van der Waals surface area contributed by atoms with E-state index in [4.69, 9.17) is 9.82 Å². The SMILES string of the molecule is CC(C)(C)C1NC(C(=O)NCc2ccc(-c3ccnc4[nH]c(-c5ccc(N6CCCC6)cn5)nc34)cc2F)=NO1. The van der Waals surface area contributed by atoms with Crippen LogP contribution in [0.1, 0.15) is 39.2 Å². The summed E-state index contributed by atoms with van der Waals surface area (Å²) in [5.74, 6) is -0.227. The van der Waals surface area contributed by atoms with Crippen LogP contribution in [0.4, 0.5) is 10.1 Å². The van der Waals surface area contributed by atoms with Crippen molar-refractivity contribution >= 4 is 28.6 Å². The van der Waals surface area contributed by atoms with Crippen molar-refractivity contribution in [2.45, 2.75) is 46.4 Å². The summed E-state index contributed by atoms with van der Waals surface area (Å²) in [6.07, 6.45) is 5.54. The Morgan fingerprint density at radius 3 is 2.67 bits per heavy atom. The molecule has 206 valence electrons. The van der Waals surface area contributed by atoms with Crippen LogP contribution in [0.15, 0.2) is 53.9 Å². The predicted octanol–water partition coefficient (Wildman–Crippen LogP) is 4.35. The lowest BCUT2D eigenvalue weighted by molar-refractivity contribution is -0.115. The number of H-pyrrole nitrogens is 1. The Labute approximate surface area is 231 Å². The molecule has 1 aromatic carbocycles. The van der Waals surface area contributed by atoms with Crippen molar-refractivity contribution in [3.8, 4) is 22.6 Å². The van der Waals surface area contributed by atoms with Gasteiger partial charge in [0.15, 0.2) is 11.5 Å². The zero-order valence-corrected chi connectivity index (χ0v) is 22.7. The summed E-state index contributed by atoms with van der Waals surface area (Å²) >= 11 is 0. The van der Waals surface area contributed by atoms with Gasteiger partial charge < -0.3 is 25.4 Å². The number of aromatic nitrogens is 4. The van der Waals surface area contributed by atoms with Gasteiger partial charge in [-0.1, -0.05) is 38.1 Å². The van der Waals surface area contributed by atoms with Crippen LogP contribution < -0.4 is 15.5 Å². The molecule has 1 fully saturated rings. The molecule has 0 saturated carbocycles. The molecule has 10 nitrogen and oxygen atoms in total. The van der Waals surface area contributed by atoms with Crippen molar-refractivity contribution in [1.82, 2.24) is 30.6 Å². The van der Waals surface area contributed by atoms with Crippen molar-refractivity contribution in [2.24, 2.45) is 10.6 Å². The summed E-state index contributed by atoms with van der Waals surface area (Å²) in [6.45, 7) is 8.04. The number of anilines is 1. The average molecular weight is 543 g/mol.